The fraction of sp³-hybridized carbons (Fsp3) is 0.200. The van der Waals surface area contributed by atoms with E-state index < -0.39 is 12.1 Å². The molecule has 1 amide bonds. The Morgan fingerprint density at radius 2 is 1.96 bits per heavy atom. The highest BCUT2D eigenvalue weighted by Gasteiger charge is 2.38. The number of hydrogen-bond donors (Lipinski definition) is 1. The number of carbonyl (C=O) groups is 1. The molecule has 25 heavy (non-hydrogen) atoms. The van der Waals surface area contributed by atoms with Crippen molar-refractivity contribution in [1.82, 2.24) is 19.9 Å². The van der Waals surface area contributed by atoms with Crippen molar-refractivity contribution in [1.29, 1.82) is 0 Å². The molecule has 0 saturated heterocycles. The van der Waals surface area contributed by atoms with Gasteiger partial charge in [-0.25, -0.2) is 0 Å². The van der Waals surface area contributed by atoms with Crippen LogP contribution in [-0.4, -0.2) is 25.8 Å². The maximum absolute atomic E-state index is 12.5. The van der Waals surface area contributed by atoms with Gasteiger partial charge in [-0.1, -0.05) is 5.16 Å². The summed E-state index contributed by atoms with van der Waals surface area (Å²) in [6.45, 7) is 1.88. The van der Waals surface area contributed by atoms with Crippen LogP contribution >= 0.6 is 0 Å². The van der Waals surface area contributed by atoms with Crippen molar-refractivity contribution in [2.75, 3.05) is 5.32 Å². The third-order valence-corrected chi connectivity index (χ3v) is 3.32. The van der Waals surface area contributed by atoms with Crippen LogP contribution in [0.4, 0.5) is 18.9 Å². The van der Waals surface area contributed by atoms with Gasteiger partial charge in [-0.15, -0.1) is 0 Å². The summed E-state index contributed by atoms with van der Waals surface area (Å²) in [6.07, 6.45) is -3.10. The van der Waals surface area contributed by atoms with Crippen molar-refractivity contribution < 1.29 is 22.5 Å². The molecule has 10 heteroatoms. The Morgan fingerprint density at radius 3 is 2.52 bits per heavy atom. The van der Waals surface area contributed by atoms with E-state index in [2.05, 4.69) is 25.1 Å². The Hall–Kier alpha value is -3.17. The fourth-order valence-electron chi connectivity index (χ4n) is 2.06. The third-order valence-electron chi connectivity index (χ3n) is 3.32. The number of carbonyl (C=O) groups excluding carboxylic acids is 1. The number of amides is 1. The molecule has 0 bridgehead atoms. The van der Waals surface area contributed by atoms with E-state index >= 15 is 0 Å². The van der Waals surface area contributed by atoms with Crippen molar-refractivity contribution in [2.45, 2.75) is 19.6 Å². The lowest BCUT2D eigenvalue weighted by atomic mass is 10.2. The number of halogens is 3. The molecule has 0 spiro atoms. The van der Waals surface area contributed by atoms with Crippen LogP contribution < -0.4 is 5.32 Å². The first-order valence-corrected chi connectivity index (χ1v) is 7.12. The zero-order chi connectivity index (χ0) is 18.0. The summed E-state index contributed by atoms with van der Waals surface area (Å²) in [7, 11) is 0. The second-order valence-electron chi connectivity index (χ2n) is 5.18. The molecule has 1 N–H and O–H groups in total. The van der Waals surface area contributed by atoms with Crippen LogP contribution in [0.3, 0.4) is 0 Å². The van der Waals surface area contributed by atoms with Crippen LogP contribution in [0.25, 0.3) is 11.4 Å². The average Bonchev–Trinajstić information content (AvgIpc) is 3.18. The normalized spacial score (nSPS) is 11.5. The van der Waals surface area contributed by atoms with Gasteiger partial charge in [0.25, 0.3) is 0 Å². The zero-order valence-electron chi connectivity index (χ0n) is 12.9. The molecule has 0 aliphatic rings. The SMILES string of the molecule is Cc1ccnn1CC(=O)Nc1ccc(-c2noc(C(F)(F)F)n2)cc1. The number of alkyl halides is 3. The van der Waals surface area contributed by atoms with E-state index in [4.69, 9.17) is 0 Å². The lowest BCUT2D eigenvalue weighted by Crippen LogP contribution is -2.20. The second kappa shape index (κ2) is 6.38. The lowest BCUT2D eigenvalue weighted by Gasteiger charge is -2.07. The summed E-state index contributed by atoms with van der Waals surface area (Å²) < 4.78 is 43.1. The van der Waals surface area contributed by atoms with Crippen molar-refractivity contribution in [3.8, 4) is 11.4 Å². The first-order valence-electron chi connectivity index (χ1n) is 7.12. The Bertz CT molecular complexity index is 883. The summed E-state index contributed by atoms with van der Waals surface area (Å²) in [5.41, 5.74) is 1.67. The molecule has 0 aliphatic carbocycles. The molecular formula is C15H12F3N5O2. The van der Waals surface area contributed by atoms with Gasteiger partial charge in [0.15, 0.2) is 0 Å². The highest BCUT2D eigenvalue weighted by molar-refractivity contribution is 5.90. The molecule has 0 saturated carbocycles. The molecular weight excluding hydrogens is 339 g/mol. The number of nitrogens with zero attached hydrogens (tertiary/aromatic N) is 4. The number of anilines is 1. The molecule has 7 nitrogen and oxygen atoms in total. The van der Waals surface area contributed by atoms with Crippen LogP contribution in [0.1, 0.15) is 11.6 Å². The van der Waals surface area contributed by atoms with Crippen LogP contribution in [0.5, 0.6) is 0 Å². The second-order valence-corrected chi connectivity index (χ2v) is 5.18. The van der Waals surface area contributed by atoms with Gasteiger partial charge >= 0.3 is 12.1 Å². The largest absolute Gasteiger partial charge is 0.471 e. The quantitative estimate of drug-likeness (QED) is 0.781. The Balaban J connectivity index is 1.67. The van der Waals surface area contributed by atoms with Gasteiger partial charge in [0.05, 0.1) is 0 Å². The Labute approximate surface area is 139 Å². The number of benzene rings is 1. The standard InChI is InChI=1S/C15H12F3N5O2/c1-9-6-7-19-23(9)8-12(24)20-11-4-2-10(3-5-11)13-21-14(25-22-13)15(16,17)18/h2-7H,8H2,1H3,(H,20,24). The molecule has 1 aromatic carbocycles. The topological polar surface area (TPSA) is 85.8 Å². The van der Waals surface area contributed by atoms with Gasteiger partial charge in [0, 0.05) is 23.1 Å². The molecule has 0 aliphatic heterocycles. The number of nitrogens with one attached hydrogen (secondary N) is 1. The van der Waals surface area contributed by atoms with Crippen molar-refractivity contribution in [2.24, 2.45) is 0 Å². The zero-order valence-corrected chi connectivity index (χ0v) is 12.9. The van der Waals surface area contributed by atoms with Gasteiger partial charge in [0.2, 0.25) is 11.7 Å². The van der Waals surface area contributed by atoms with E-state index in [0.717, 1.165) is 5.69 Å². The summed E-state index contributed by atoms with van der Waals surface area (Å²) >= 11 is 0. The molecule has 0 atom stereocenters. The molecule has 0 fully saturated rings. The minimum Gasteiger partial charge on any atom is -0.329 e. The first kappa shape index (κ1) is 16.7. The van der Waals surface area contributed by atoms with E-state index in [1.165, 1.54) is 24.3 Å². The van der Waals surface area contributed by atoms with E-state index in [0.29, 0.717) is 11.3 Å². The lowest BCUT2D eigenvalue weighted by molar-refractivity contribution is -0.159. The van der Waals surface area contributed by atoms with E-state index in [1.807, 2.05) is 6.92 Å². The van der Waals surface area contributed by atoms with E-state index in [1.54, 1.807) is 16.9 Å². The van der Waals surface area contributed by atoms with Gasteiger partial charge in [-0.2, -0.15) is 23.3 Å². The molecule has 3 aromatic rings. The fourth-order valence-corrected chi connectivity index (χ4v) is 2.06. The minimum absolute atomic E-state index is 0.0559. The van der Waals surface area contributed by atoms with Crippen LogP contribution in [0, 0.1) is 6.92 Å². The molecule has 2 heterocycles. The van der Waals surface area contributed by atoms with Crippen molar-refractivity contribution in [3.05, 3.63) is 48.1 Å². The minimum atomic E-state index is -4.69. The number of aromatic nitrogens is 4. The predicted molar refractivity (Wildman–Crippen MR) is 80.3 cm³/mol. The highest BCUT2D eigenvalue weighted by Crippen LogP contribution is 2.29. The first-order chi connectivity index (χ1) is 11.8. The van der Waals surface area contributed by atoms with Crippen molar-refractivity contribution >= 4 is 11.6 Å². The Morgan fingerprint density at radius 1 is 1.24 bits per heavy atom. The molecule has 0 radical (unpaired) electrons. The summed E-state index contributed by atoms with van der Waals surface area (Å²) in [6, 6.07) is 7.82. The van der Waals surface area contributed by atoms with E-state index in [-0.39, 0.29) is 18.3 Å². The summed E-state index contributed by atoms with van der Waals surface area (Å²) in [5.74, 6) is -1.87. The third kappa shape index (κ3) is 3.84. The number of hydrogen-bond acceptors (Lipinski definition) is 5. The maximum Gasteiger partial charge on any atom is 0.471 e. The molecule has 3 rings (SSSR count). The number of rotatable bonds is 4. The smallest absolute Gasteiger partial charge is 0.329 e. The number of aryl methyl sites for hydroxylation is 1. The predicted octanol–water partition coefficient (Wildman–Crippen LogP) is 2.90. The maximum atomic E-state index is 12.5. The van der Waals surface area contributed by atoms with Crippen LogP contribution in [-0.2, 0) is 17.5 Å². The van der Waals surface area contributed by atoms with Crippen LogP contribution in [0.2, 0.25) is 0 Å². The Kier molecular flexibility index (Phi) is 4.26. The van der Waals surface area contributed by atoms with E-state index in [9.17, 15) is 18.0 Å². The highest BCUT2D eigenvalue weighted by atomic mass is 19.4. The monoisotopic (exact) mass is 351 g/mol. The summed E-state index contributed by atoms with van der Waals surface area (Å²) in [5, 5.41) is 9.98. The van der Waals surface area contributed by atoms with Gasteiger partial charge in [0.1, 0.15) is 6.54 Å². The molecule has 130 valence electrons. The molecule has 2 aromatic heterocycles. The van der Waals surface area contributed by atoms with Gasteiger partial charge in [-0.05, 0) is 37.3 Å². The van der Waals surface area contributed by atoms with Gasteiger partial charge in [-0.3, -0.25) is 9.48 Å². The van der Waals surface area contributed by atoms with Crippen molar-refractivity contribution in [3.63, 3.8) is 0 Å². The summed E-state index contributed by atoms with van der Waals surface area (Å²) in [4.78, 5) is 15.3. The molecule has 0 unspecified atom stereocenters. The average molecular weight is 351 g/mol. The van der Waals surface area contributed by atoms with Crippen LogP contribution in [0.15, 0.2) is 41.1 Å². The van der Waals surface area contributed by atoms with Gasteiger partial charge < -0.3 is 9.84 Å².